The zero-order chi connectivity index (χ0) is 15.6. The molecule has 114 valence electrons. The van der Waals surface area contributed by atoms with E-state index >= 15 is 0 Å². The van der Waals surface area contributed by atoms with Gasteiger partial charge in [0.25, 0.3) is 10.0 Å². The van der Waals surface area contributed by atoms with Crippen LogP contribution >= 0.6 is 23.2 Å². The molecule has 0 atom stereocenters. The van der Waals surface area contributed by atoms with Crippen LogP contribution in [0.15, 0.2) is 29.2 Å². The van der Waals surface area contributed by atoms with E-state index < -0.39 is 10.0 Å². The highest BCUT2D eigenvalue weighted by Gasteiger charge is 2.20. The Hall–Kier alpha value is -1.24. The molecule has 0 amide bonds. The fourth-order valence-electron chi connectivity index (χ4n) is 1.89. The van der Waals surface area contributed by atoms with Gasteiger partial charge in [-0.05, 0) is 31.5 Å². The maximum Gasteiger partial charge on any atom is 0.264 e. The van der Waals surface area contributed by atoms with Gasteiger partial charge in [-0.2, -0.15) is 5.10 Å². The van der Waals surface area contributed by atoms with Gasteiger partial charge >= 0.3 is 0 Å². The molecule has 2 aromatic rings. The lowest BCUT2D eigenvalue weighted by Crippen LogP contribution is -2.17. The molecule has 2 rings (SSSR count). The smallest absolute Gasteiger partial charge is 0.264 e. The van der Waals surface area contributed by atoms with Crippen LogP contribution in [0.4, 0.5) is 5.82 Å². The lowest BCUT2D eigenvalue weighted by atomic mass is 10.4. The summed E-state index contributed by atoms with van der Waals surface area (Å²) in [7, 11) is -3.82. The Bertz CT molecular complexity index is 757. The third kappa shape index (κ3) is 3.70. The van der Waals surface area contributed by atoms with E-state index in [2.05, 4.69) is 9.82 Å². The fourth-order valence-corrected chi connectivity index (χ4v) is 3.70. The molecule has 0 bridgehead atoms. The van der Waals surface area contributed by atoms with Gasteiger partial charge in [0.15, 0.2) is 0 Å². The third-order valence-electron chi connectivity index (χ3n) is 2.76. The zero-order valence-corrected chi connectivity index (χ0v) is 13.9. The molecule has 0 aliphatic heterocycles. The number of nitrogens with one attached hydrogen (secondary N) is 1. The minimum atomic E-state index is -3.82. The zero-order valence-electron chi connectivity index (χ0n) is 11.6. The number of benzene rings is 1. The van der Waals surface area contributed by atoms with Gasteiger partial charge in [0.1, 0.15) is 10.7 Å². The number of hydrogen-bond acceptors (Lipinski definition) is 3. The second-order valence-corrected chi connectivity index (χ2v) is 7.07. The van der Waals surface area contributed by atoms with Crippen LogP contribution in [-0.4, -0.2) is 18.2 Å². The van der Waals surface area contributed by atoms with E-state index in [0.717, 1.165) is 12.1 Å². The molecule has 0 aliphatic rings. The molecule has 1 aromatic heterocycles. The van der Waals surface area contributed by atoms with Gasteiger partial charge in [-0.1, -0.05) is 30.1 Å². The highest BCUT2D eigenvalue weighted by atomic mass is 35.5. The maximum atomic E-state index is 12.4. The Morgan fingerprint density at radius 1 is 1.29 bits per heavy atom. The largest absolute Gasteiger partial charge is 0.264 e. The first kappa shape index (κ1) is 16.1. The molecule has 0 saturated heterocycles. The summed E-state index contributed by atoms with van der Waals surface area (Å²) >= 11 is 11.8. The van der Waals surface area contributed by atoms with Crippen molar-refractivity contribution < 1.29 is 8.42 Å². The number of rotatable bonds is 5. The summed E-state index contributed by atoms with van der Waals surface area (Å²) in [5.74, 6) is 0.408. The van der Waals surface area contributed by atoms with Crippen molar-refractivity contribution in [3.8, 4) is 0 Å². The van der Waals surface area contributed by atoms with E-state index in [9.17, 15) is 8.42 Å². The first-order valence-corrected chi connectivity index (χ1v) is 8.59. The average Bonchev–Trinajstić information content (AvgIpc) is 2.72. The minimum Gasteiger partial charge on any atom is -0.264 e. The number of aryl methyl sites for hydroxylation is 2. The second kappa shape index (κ2) is 6.25. The summed E-state index contributed by atoms with van der Waals surface area (Å²) in [4.78, 5) is -0.0569. The molecule has 0 saturated carbocycles. The van der Waals surface area contributed by atoms with Crippen LogP contribution in [0.25, 0.3) is 0 Å². The maximum absolute atomic E-state index is 12.4. The Labute approximate surface area is 133 Å². The quantitative estimate of drug-likeness (QED) is 0.896. The normalized spacial score (nSPS) is 11.6. The molecule has 1 aromatic carbocycles. The first-order chi connectivity index (χ1) is 9.83. The third-order valence-corrected chi connectivity index (χ3v) is 4.83. The van der Waals surface area contributed by atoms with E-state index in [1.54, 1.807) is 17.7 Å². The van der Waals surface area contributed by atoms with E-state index in [1.165, 1.54) is 18.2 Å². The molecule has 8 heteroatoms. The number of nitrogens with zero attached hydrogens (tertiary/aromatic N) is 2. The molecule has 1 N–H and O–H groups in total. The van der Waals surface area contributed by atoms with Gasteiger partial charge in [0.05, 0.1) is 10.7 Å². The fraction of sp³-hybridized carbons (Fsp3) is 0.308. The number of sulfonamides is 1. The SMILES string of the molecule is CCCn1nc(C)cc1NS(=O)(=O)c1cc(Cl)ccc1Cl. The van der Waals surface area contributed by atoms with Gasteiger partial charge in [-0.15, -0.1) is 0 Å². The topological polar surface area (TPSA) is 64.0 Å². The summed E-state index contributed by atoms with van der Waals surface area (Å²) in [5.41, 5.74) is 0.735. The highest BCUT2D eigenvalue weighted by Crippen LogP contribution is 2.27. The molecule has 5 nitrogen and oxygen atoms in total. The molecule has 1 heterocycles. The monoisotopic (exact) mass is 347 g/mol. The lowest BCUT2D eigenvalue weighted by molar-refractivity contribution is 0.592. The van der Waals surface area contributed by atoms with Gasteiger partial charge in [0, 0.05) is 17.6 Å². The van der Waals surface area contributed by atoms with Gasteiger partial charge < -0.3 is 0 Å². The van der Waals surface area contributed by atoms with E-state index in [4.69, 9.17) is 23.2 Å². The van der Waals surface area contributed by atoms with Crippen LogP contribution in [0.1, 0.15) is 19.0 Å². The van der Waals surface area contributed by atoms with Crippen molar-refractivity contribution in [2.75, 3.05) is 4.72 Å². The van der Waals surface area contributed by atoms with Crippen LogP contribution in [0, 0.1) is 6.92 Å². The number of anilines is 1. The lowest BCUT2D eigenvalue weighted by Gasteiger charge is -2.11. The van der Waals surface area contributed by atoms with E-state index in [-0.39, 0.29) is 9.92 Å². The summed E-state index contributed by atoms with van der Waals surface area (Å²) in [6.07, 6.45) is 0.841. The molecule has 0 spiro atoms. The number of aromatic nitrogens is 2. The van der Waals surface area contributed by atoms with Crippen molar-refractivity contribution in [2.45, 2.75) is 31.7 Å². The summed E-state index contributed by atoms with van der Waals surface area (Å²) in [6, 6.07) is 5.98. The summed E-state index contributed by atoms with van der Waals surface area (Å²) in [6.45, 7) is 4.41. The minimum absolute atomic E-state index is 0.0569. The van der Waals surface area contributed by atoms with Crippen molar-refractivity contribution in [2.24, 2.45) is 0 Å². The molecule has 21 heavy (non-hydrogen) atoms. The van der Waals surface area contributed by atoms with E-state index in [0.29, 0.717) is 17.4 Å². The second-order valence-electron chi connectivity index (χ2n) is 4.57. The van der Waals surface area contributed by atoms with Crippen molar-refractivity contribution >= 4 is 39.0 Å². The standard InChI is InChI=1S/C13H15Cl2N3O2S/c1-3-6-18-13(7-9(2)16-18)17-21(19,20)12-8-10(14)4-5-11(12)15/h4-5,7-8,17H,3,6H2,1-2H3. The van der Waals surface area contributed by atoms with Crippen molar-refractivity contribution in [1.82, 2.24) is 9.78 Å². The Kier molecular flexibility index (Phi) is 4.81. The highest BCUT2D eigenvalue weighted by molar-refractivity contribution is 7.92. The van der Waals surface area contributed by atoms with Gasteiger partial charge in [0.2, 0.25) is 0 Å². The van der Waals surface area contributed by atoms with Crippen molar-refractivity contribution in [3.63, 3.8) is 0 Å². The predicted octanol–water partition coefficient (Wildman–Crippen LogP) is 3.71. The molecule has 0 aliphatic carbocycles. The molecule has 0 unspecified atom stereocenters. The van der Waals surface area contributed by atoms with Crippen molar-refractivity contribution in [3.05, 3.63) is 40.0 Å². The molecule has 0 fully saturated rings. The van der Waals surface area contributed by atoms with Crippen LogP contribution in [0.5, 0.6) is 0 Å². The van der Waals surface area contributed by atoms with Crippen LogP contribution in [0.3, 0.4) is 0 Å². The van der Waals surface area contributed by atoms with Crippen LogP contribution < -0.4 is 4.72 Å². The van der Waals surface area contributed by atoms with Crippen molar-refractivity contribution in [1.29, 1.82) is 0 Å². The molecule has 0 radical (unpaired) electrons. The van der Waals surface area contributed by atoms with Crippen LogP contribution in [-0.2, 0) is 16.6 Å². The van der Waals surface area contributed by atoms with E-state index in [1.807, 2.05) is 6.92 Å². The molecular formula is C13H15Cl2N3O2S. The van der Waals surface area contributed by atoms with Crippen LogP contribution in [0.2, 0.25) is 10.0 Å². The number of halogens is 2. The summed E-state index contributed by atoms with van der Waals surface area (Å²) in [5, 5.41) is 4.67. The van der Waals surface area contributed by atoms with Gasteiger partial charge in [-0.3, -0.25) is 4.72 Å². The Morgan fingerprint density at radius 3 is 2.67 bits per heavy atom. The summed E-state index contributed by atoms with van der Waals surface area (Å²) < 4.78 is 29.0. The predicted molar refractivity (Wildman–Crippen MR) is 84.5 cm³/mol. The average molecular weight is 348 g/mol. The number of hydrogen-bond donors (Lipinski definition) is 1. The first-order valence-electron chi connectivity index (χ1n) is 6.36. The Morgan fingerprint density at radius 2 is 2.00 bits per heavy atom. The Balaban J connectivity index is 2.40. The van der Waals surface area contributed by atoms with Gasteiger partial charge in [-0.25, -0.2) is 13.1 Å². The molecular weight excluding hydrogens is 333 g/mol.